The third kappa shape index (κ3) is 5.30. The van der Waals surface area contributed by atoms with Gasteiger partial charge in [-0.2, -0.15) is 0 Å². The molecule has 1 unspecified atom stereocenters. The van der Waals surface area contributed by atoms with E-state index in [0.29, 0.717) is 11.5 Å². The lowest BCUT2D eigenvalue weighted by atomic mass is 9.86. The number of ether oxygens (including phenoxy) is 1. The van der Waals surface area contributed by atoms with Crippen molar-refractivity contribution in [2.75, 3.05) is 0 Å². The van der Waals surface area contributed by atoms with Gasteiger partial charge in [0.25, 0.3) is 0 Å². The van der Waals surface area contributed by atoms with Crippen LogP contribution in [0.1, 0.15) is 63.8 Å². The molecule has 0 aliphatic rings. The van der Waals surface area contributed by atoms with Crippen LogP contribution >= 0.6 is 0 Å². The summed E-state index contributed by atoms with van der Waals surface area (Å²) < 4.78 is 20.7. The minimum absolute atomic E-state index is 0.142. The molecule has 0 saturated heterocycles. The van der Waals surface area contributed by atoms with Gasteiger partial charge in [0.15, 0.2) is 0 Å². The van der Waals surface area contributed by atoms with Crippen LogP contribution in [-0.4, -0.2) is 0 Å². The standard InChI is InChI=1S/C28H33FO/c1-19(2)17-27(25-9-7-8-10-26(25)29)30-23-15-16-24(20(3)18-23)21-11-13-22(14-12-21)28(4,5)6/h7-16,18-19,27H,17H2,1-6H3. The average molecular weight is 405 g/mol. The molecule has 3 aromatic rings. The van der Waals surface area contributed by atoms with Gasteiger partial charge in [0, 0.05) is 5.56 Å². The number of aryl methyl sites for hydroxylation is 1. The van der Waals surface area contributed by atoms with Crippen LogP contribution in [0.4, 0.5) is 4.39 Å². The molecule has 0 fully saturated rings. The van der Waals surface area contributed by atoms with E-state index in [0.717, 1.165) is 17.7 Å². The van der Waals surface area contributed by atoms with Crippen molar-refractivity contribution in [3.8, 4) is 16.9 Å². The van der Waals surface area contributed by atoms with Gasteiger partial charge in [-0.1, -0.05) is 83.1 Å². The normalized spacial score (nSPS) is 12.8. The summed E-state index contributed by atoms with van der Waals surface area (Å²) in [4.78, 5) is 0. The largest absolute Gasteiger partial charge is 0.486 e. The van der Waals surface area contributed by atoms with E-state index in [2.05, 4.69) is 77.9 Å². The number of halogens is 1. The monoisotopic (exact) mass is 404 g/mol. The van der Waals surface area contributed by atoms with E-state index in [-0.39, 0.29) is 17.3 Å². The lowest BCUT2D eigenvalue weighted by Crippen LogP contribution is -2.12. The fraction of sp³-hybridized carbons (Fsp3) is 0.357. The Kier molecular flexibility index (Phi) is 6.65. The van der Waals surface area contributed by atoms with Gasteiger partial charge in [0.05, 0.1) is 0 Å². The molecule has 0 aliphatic heterocycles. The van der Waals surface area contributed by atoms with Crippen LogP contribution in [0.25, 0.3) is 11.1 Å². The number of hydrogen-bond donors (Lipinski definition) is 0. The molecule has 0 spiro atoms. The van der Waals surface area contributed by atoms with Crippen molar-refractivity contribution in [2.45, 2.75) is 59.5 Å². The summed E-state index contributed by atoms with van der Waals surface area (Å²) in [5.41, 5.74) is 5.61. The summed E-state index contributed by atoms with van der Waals surface area (Å²) in [7, 11) is 0. The van der Waals surface area contributed by atoms with E-state index in [9.17, 15) is 4.39 Å². The fourth-order valence-electron chi connectivity index (χ4n) is 3.75. The predicted octanol–water partition coefficient (Wildman–Crippen LogP) is 8.26. The highest BCUT2D eigenvalue weighted by Gasteiger charge is 2.19. The second kappa shape index (κ2) is 9.04. The van der Waals surface area contributed by atoms with Crippen LogP contribution in [0.3, 0.4) is 0 Å². The summed E-state index contributed by atoms with van der Waals surface area (Å²) in [5, 5.41) is 0. The topological polar surface area (TPSA) is 9.23 Å². The first-order chi connectivity index (χ1) is 14.1. The third-order valence-electron chi connectivity index (χ3n) is 5.48. The van der Waals surface area contributed by atoms with Crippen molar-refractivity contribution in [2.24, 2.45) is 5.92 Å². The molecule has 0 aromatic heterocycles. The van der Waals surface area contributed by atoms with Gasteiger partial charge in [-0.05, 0) is 65.1 Å². The highest BCUT2D eigenvalue weighted by molar-refractivity contribution is 5.68. The zero-order valence-corrected chi connectivity index (χ0v) is 19.0. The molecule has 0 radical (unpaired) electrons. The molecular weight excluding hydrogens is 371 g/mol. The van der Waals surface area contributed by atoms with Crippen molar-refractivity contribution in [1.82, 2.24) is 0 Å². The molecule has 3 rings (SSSR count). The van der Waals surface area contributed by atoms with E-state index in [1.54, 1.807) is 6.07 Å². The Hall–Kier alpha value is -2.61. The third-order valence-corrected chi connectivity index (χ3v) is 5.48. The van der Waals surface area contributed by atoms with Gasteiger partial charge in [-0.25, -0.2) is 4.39 Å². The van der Waals surface area contributed by atoms with Gasteiger partial charge < -0.3 is 4.74 Å². The highest BCUT2D eigenvalue weighted by atomic mass is 19.1. The summed E-state index contributed by atoms with van der Waals surface area (Å²) in [6.45, 7) is 13.0. The molecule has 1 atom stereocenters. The van der Waals surface area contributed by atoms with Crippen molar-refractivity contribution < 1.29 is 9.13 Å². The summed E-state index contributed by atoms with van der Waals surface area (Å²) in [6.07, 6.45) is 0.457. The fourth-order valence-corrected chi connectivity index (χ4v) is 3.75. The van der Waals surface area contributed by atoms with Crippen molar-refractivity contribution in [3.05, 3.63) is 89.2 Å². The number of rotatable bonds is 6. The molecular formula is C28H33FO. The molecule has 0 saturated carbocycles. The Labute approximate surface area is 180 Å². The van der Waals surface area contributed by atoms with Crippen molar-refractivity contribution in [1.29, 1.82) is 0 Å². The van der Waals surface area contributed by atoms with E-state index >= 15 is 0 Å². The van der Waals surface area contributed by atoms with Crippen molar-refractivity contribution >= 4 is 0 Å². The summed E-state index contributed by atoms with van der Waals surface area (Å²) in [6, 6.07) is 21.8. The Balaban J connectivity index is 1.85. The molecule has 0 N–H and O–H groups in total. The van der Waals surface area contributed by atoms with E-state index in [1.165, 1.54) is 22.8 Å². The zero-order chi connectivity index (χ0) is 21.9. The van der Waals surface area contributed by atoms with E-state index < -0.39 is 0 Å². The first-order valence-corrected chi connectivity index (χ1v) is 10.8. The Bertz CT molecular complexity index is 980. The molecule has 2 heteroatoms. The van der Waals surface area contributed by atoms with Gasteiger partial charge in [0.1, 0.15) is 17.7 Å². The van der Waals surface area contributed by atoms with Gasteiger partial charge in [-0.15, -0.1) is 0 Å². The predicted molar refractivity (Wildman–Crippen MR) is 125 cm³/mol. The minimum atomic E-state index is -0.303. The molecule has 0 heterocycles. The lowest BCUT2D eigenvalue weighted by Gasteiger charge is -2.23. The molecule has 0 aliphatic carbocycles. The Morgan fingerprint density at radius 2 is 1.57 bits per heavy atom. The highest BCUT2D eigenvalue weighted by Crippen LogP contribution is 2.33. The zero-order valence-electron chi connectivity index (χ0n) is 19.0. The van der Waals surface area contributed by atoms with Crippen LogP contribution in [-0.2, 0) is 5.41 Å². The maximum Gasteiger partial charge on any atom is 0.130 e. The maximum atomic E-state index is 14.4. The Morgan fingerprint density at radius 3 is 2.13 bits per heavy atom. The second-order valence-corrected chi connectivity index (χ2v) is 9.56. The average Bonchev–Trinajstić information content (AvgIpc) is 2.67. The summed E-state index contributed by atoms with van der Waals surface area (Å²) in [5.74, 6) is 0.961. The molecule has 3 aromatic carbocycles. The molecule has 0 bridgehead atoms. The quantitative estimate of drug-likeness (QED) is 0.402. The van der Waals surface area contributed by atoms with E-state index in [1.807, 2.05) is 18.2 Å². The first kappa shape index (κ1) is 22.1. The maximum absolute atomic E-state index is 14.4. The molecule has 158 valence electrons. The van der Waals surface area contributed by atoms with Crippen LogP contribution in [0.15, 0.2) is 66.7 Å². The lowest BCUT2D eigenvalue weighted by molar-refractivity contribution is 0.173. The SMILES string of the molecule is Cc1cc(OC(CC(C)C)c2ccccc2F)ccc1-c1ccc(C(C)(C)C)cc1. The van der Waals surface area contributed by atoms with Crippen LogP contribution in [0.5, 0.6) is 5.75 Å². The second-order valence-electron chi connectivity index (χ2n) is 9.56. The molecule has 30 heavy (non-hydrogen) atoms. The number of benzene rings is 3. The van der Waals surface area contributed by atoms with Gasteiger partial charge in [0.2, 0.25) is 0 Å². The van der Waals surface area contributed by atoms with Gasteiger partial charge in [-0.3, -0.25) is 0 Å². The van der Waals surface area contributed by atoms with Crippen LogP contribution < -0.4 is 4.74 Å². The van der Waals surface area contributed by atoms with Crippen LogP contribution in [0.2, 0.25) is 0 Å². The molecule has 0 amide bonds. The van der Waals surface area contributed by atoms with Crippen LogP contribution in [0, 0.1) is 18.7 Å². The summed E-state index contributed by atoms with van der Waals surface area (Å²) >= 11 is 0. The van der Waals surface area contributed by atoms with Gasteiger partial charge >= 0.3 is 0 Å². The van der Waals surface area contributed by atoms with E-state index in [4.69, 9.17) is 4.74 Å². The van der Waals surface area contributed by atoms with Crippen molar-refractivity contribution in [3.63, 3.8) is 0 Å². The molecule has 1 nitrogen and oxygen atoms in total. The number of hydrogen-bond acceptors (Lipinski definition) is 1. The smallest absolute Gasteiger partial charge is 0.130 e. The Morgan fingerprint density at radius 1 is 0.900 bits per heavy atom. The first-order valence-electron chi connectivity index (χ1n) is 10.8. The minimum Gasteiger partial charge on any atom is -0.486 e.